The number of hydrogen-bond acceptors (Lipinski definition) is 2. The molecule has 2 aromatic rings. The van der Waals surface area contributed by atoms with E-state index in [2.05, 4.69) is 5.32 Å². The standard InChI is InChI=1S/C18H19ClN2O2/c1-21(2)18(23)14-8-4-6-10-16(14)20-17(22)12-11-13-7-3-5-9-15(13)19/h3-10H,11-12H2,1-2H3,(H,20,22). The van der Waals surface area contributed by atoms with Crippen LogP contribution in [0.1, 0.15) is 22.3 Å². The number of benzene rings is 2. The predicted molar refractivity (Wildman–Crippen MR) is 92.9 cm³/mol. The van der Waals surface area contributed by atoms with Gasteiger partial charge in [0.2, 0.25) is 5.91 Å². The summed E-state index contributed by atoms with van der Waals surface area (Å²) in [5.41, 5.74) is 1.93. The molecule has 1 N–H and O–H groups in total. The lowest BCUT2D eigenvalue weighted by Gasteiger charge is -2.14. The Labute approximate surface area is 141 Å². The van der Waals surface area contributed by atoms with Crippen LogP contribution in [0.2, 0.25) is 5.02 Å². The summed E-state index contributed by atoms with van der Waals surface area (Å²) in [6.07, 6.45) is 0.851. The predicted octanol–water partition coefficient (Wildman–Crippen LogP) is 3.61. The van der Waals surface area contributed by atoms with Crippen LogP contribution in [-0.4, -0.2) is 30.8 Å². The van der Waals surface area contributed by atoms with Crippen molar-refractivity contribution in [2.75, 3.05) is 19.4 Å². The van der Waals surface area contributed by atoms with Crippen molar-refractivity contribution < 1.29 is 9.59 Å². The summed E-state index contributed by atoms with van der Waals surface area (Å²) in [5.74, 6) is -0.295. The summed E-state index contributed by atoms with van der Waals surface area (Å²) < 4.78 is 0. The molecule has 0 heterocycles. The van der Waals surface area contributed by atoms with Gasteiger partial charge in [0.05, 0.1) is 11.3 Å². The third-order valence-corrected chi connectivity index (χ3v) is 3.79. The Hall–Kier alpha value is -2.33. The summed E-state index contributed by atoms with van der Waals surface area (Å²) in [5, 5.41) is 3.46. The van der Waals surface area contributed by atoms with Crippen LogP contribution in [0.4, 0.5) is 5.69 Å². The maximum atomic E-state index is 12.2. The third kappa shape index (κ3) is 4.57. The zero-order valence-corrected chi connectivity index (χ0v) is 13.9. The first-order chi connectivity index (χ1) is 11.0. The number of hydrogen-bond donors (Lipinski definition) is 1. The van der Waals surface area contributed by atoms with E-state index in [0.29, 0.717) is 29.1 Å². The van der Waals surface area contributed by atoms with E-state index in [1.807, 2.05) is 18.2 Å². The van der Waals surface area contributed by atoms with Gasteiger partial charge in [-0.1, -0.05) is 41.9 Å². The van der Waals surface area contributed by atoms with Crippen molar-refractivity contribution in [3.8, 4) is 0 Å². The van der Waals surface area contributed by atoms with Crippen molar-refractivity contribution in [2.45, 2.75) is 12.8 Å². The molecule has 2 amide bonds. The average molecular weight is 331 g/mol. The van der Waals surface area contributed by atoms with E-state index in [9.17, 15) is 9.59 Å². The molecule has 23 heavy (non-hydrogen) atoms. The Bertz CT molecular complexity index is 714. The van der Waals surface area contributed by atoms with Gasteiger partial charge in [-0.25, -0.2) is 0 Å². The van der Waals surface area contributed by atoms with Crippen molar-refractivity contribution in [1.29, 1.82) is 0 Å². The molecule has 0 atom stereocenters. The Kier molecular flexibility index (Phi) is 5.77. The van der Waals surface area contributed by atoms with Crippen LogP contribution in [0.25, 0.3) is 0 Å². The highest BCUT2D eigenvalue weighted by molar-refractivity contribution is 6.31. The van der Waals surface area contributed by atoms with Gasteiger partial charge >= 0.3 is 0 Å². The quantitative estimate of drug-likeness (QED) is 0.910. The van der Waals surface area contributed by atoms with E-state index in [1.165, 1.54) is 4.90 Å². The molecule has 0 aliphatic carbocycles. The topological polar surface area (TPSA) is 49.4 Å². The summed E-state index contributed by atoms with van der Waals surface area (Å²) in [7, 11) is 3.36. The Balaban J connectivity index is 2.04. The van der Waals surface area contributed by atoms with Gasteiger partial charge in [0, 0.05) is 25.5 Å². The van der Waals surface area contributed by atoms with Crippen molar-refractivity contribution in [3.63, 3.8) is 0 Å². The number of anilines is 1. The molecule has 0 bridgehead atoms. The number of aryl methyl sites for hydroxylation is 1. The molecule has 0 spiro atoms. The van der Waals surface area contributed by atoms with Gasteiger partial charge in [0.25, 0.3) is 5.91 Å². The van der Waals surface area contributed by atoms with Gasteiger partial charge in [0.15, 0.2) is 0 Å². The number of halogens is 1. The van der Waals surface area contributed by atoms with Crippen LogP contribution in [-0.2, 0) is 11.2 Å². The van der Waals surface area contributed by atoms with E-state index in [-0.39, 0.29) is 11.8 Å². The van der Waals surface area contributed by atoms with E-state index in [0.717, 1.165) is 5.56 Å². The molecule has 0 radical (unpaired) electrons. The van der Waals surface area contributed by atoms with Crippen molar-refractivity contribution >= 4 is 29.1 Å². The fourth-order valence-corrected chi connectivity index (χ4v) is 2.41. The first kappa shape index (κ1) is 17.0. The normalized spacial score (nSPS) is 10.2. The lowest BCUT2D eigenvalue weighted by Crippen LogP contribution is -2.24. The second-order valence-corrected chi connectivity index (χ2v) is 5.79. The molecule has 0 aliphatic rings. The Morgan fingerprint density at radius 2 is 1.70 bits per heavy atom. The molecule has 2 aromatic carbocycles. The van der Waals surface area contributed by atoms with Crippen LogP contribution >= 0.6 is 11.6 Å². The summed E-state index contributed by atoms with van der Waals surface area (Å²) in [4.78, 5) is 25.8. The molecule has 0 aliphatic heterocycles. The molecule has 0 saturated carbocycles. The van der Waals surface area contributed by atoms with Crippen LogP contribution in [0.5, 0.6) is 0 Å². The van der Waals surface area contributed by atoms with Crippen molar-refractivity contribution in [1.82, 2.24) is 4.90 Å². The molecule has 2 rings (SSSR count). The molecule has 0 aromatic heterocycles. The van der Waals surface area contributed by atoms with Gasteiger partial charge in [0.1, 0.15) is 0 Å². The zero-order chi connectivity index (χ0) is 16.8. The number of carbonyl (C=O) groups excluding carboxylic acids is 2. The van der Waals surface area contributed by atoms with Crippen LogP contribution in [0.3, 0.4) is 0 Å². The molecule has 5 heteroatoms. The van der Waals surface area contributed by atoms with Gasteiger partial charge in [-0.2, -0.15) is 0 Å². The van der Waals surface area contributed by atoms with E-state index in [4.69, 9.17) is 11.6 Å². The van der Waals surface area contributed by atoms with Crippen LogP contribution < -0.4 is 5.32 Å². The largest absolute Gasteiger partial charge is 0.345 e. The third-order valence-electron chi connectivity index (χ3n) is 3.42. The van der Waals surface area contributed by atoms with E-state index >= 15 is 0 Å². The Morgan fingerprint density at radius 1 is 1.04 bits per heavy atom. The number of para-hydroxylation sites is 1. The maximum Gasteiger partial charge on any atom is 0.255 e. The summed E-state index contributed by atoms with van der Waals surface area (Å²) in [6.45, 7) is 0. The lowest BCUT2D eigenvalue weighted by molar-refractivity contribution is -0.116. The molecular formula is C18H19ClN2O2. The smallest absolute Gasteiger partial charge is 0.255 e. The van der Waals surface area contributed by atoms with Crippen molar-refractivity contribution in [2.24, 2.45) is 0 Å². The van der Waals surface area contributed by atoms with Gasteiger partial charge in [-0.05, 0) is 30.2 Å². The molecule has 4 nitrogen and oxygen atoms in total. The number of carbonyl (C=O) groups is 2. The van der Waals surface area contributed by atoms with Gasteiger partial charge < -0.3 is 10.2 Å². The first-order valence-electron chi connectivity index (χ1n) is 7.33. The van der Waals surface area contributed by atoms with Crippen molar-refractivity contribution in [3.05, 3.63) is 64.7 Å². The van der Waals surface area contributed by atoms with E-state index < -0.39 is 0 Å². The number of nitrogens with one attached hydrogen (secondary N) is 1. The molecule has 0 unspecified atom stereocenters. The van der Waals surface area contributed by atoms with E-state index in [1.54, 1.807) is 44.4 Å². The first-order valence-corrected chi connectivity index (χ1v) is 7.71. The fraction of sp³-hybridized carbons (Fsp3) is 0.222. The monoisotopic (exact) mass is 330 g/mol. The number of rotatable bonds is 5. The van der Waals surface area contributed by atoms with Crippen LogP contribution in [0, 0.1) is 0 Å². The zero-order valence-electron chi connectivity index (χ0n) is 13.2. The minimum atomic E-state index is -0.149. The minimum Gasteiger partial charge on any atom is -0.345 e. The fourth-order valence-electron chi connectivity index (χ4n) is 2.18. The SMILES string of the molecule is CN(C)C(=O)c1ccccc1NC(=O)CCc1ccccc1Cl. The second-order valence-electron chi connectivity index (χ2n) is 5.38. The molecule has 0 fully saturated rings. The number of amides is 2. The highest BCUT2D eigenvalue weighted by Crippen LogP contribution is 2.19. The number of nitrogens with zero attached hydrogens (tertiary/aromatic N) is 1. The molecule has 0 saturated heterocycles. The van der Waals surface area contributed by atoms with Crippen LogP contribution in [0.15, 0.2) is 48.5 Å². The molecular weight excluding hydrogens is 312 g/mol. The average Bonchev–Trinajstić information content (AvgIpc) is 2.54. The highest BCUT2D eigenvalue weighted by atomic mass is 35.5. The van der Waals surface area contributed by atoms with Gasteiger partial charge in [-0.15, -0.1) is 0 Å². The lowest BCUT2D eigenvalue weighted by atomic mass is 10.1. The second kappa shape index (κ2) is 7.79. The summed E-state index contributed by atoms with van der Waals surface area (Å²) in [6, 6.07) is 14.4. The summed E-state index contributed by atoms with van der Waals surface area (Å²) >= 11 is 6.09. The van der Waals surface area contributed by atoms with Gasteiger partial charge in [-0.3, -0.25) is 9.59 Å². The molecule has 120 valence electrons. The highest BCUT2D eigenvalue weighted by Gasteiger charge is 2.14. The Morgan fingerprint density at radius 3 is 2.39 bits per heavy atom. The minimum absolute atomic E-state index is 0.146. The maximum absolute atomic E-state index is 12.2.